The highest BCUT2D eigenvalue weighted by Crippen LogP contribution is 2.28. The van der Waals surface area contributed by atoms with Crippen LogP contribution in [0.5, 0.6) is 0 Å². The molecule has 2 saturated heterocycles. The number of benzene rings is 1. The van der Waals surface area contributed by atoms with Gasteiger partial charge in [0.1, 0.15) is 5.82 Å². The first-order valence-electron chi connectivity index (χ1n) is 11.1. The van der Waals surface area contributed by atoms with Crippen molar-refractivity contribution in [3.05, 3.63) is 42.0 Å². The van der Waals surface area contributed by atoms with Crippen LogP contribution < -0.4 is 10.2 Å². The molecule has 164 valence electrons. The summed E-state index contributed by atoms with van der Waals surface area (Å²) in [4.78, 5) is 15.6. The van der Waals surface area contributed by atoms with Crippen molar-refractivity contribution in [3.8, 4) is 0 Å². The Bertz CT molecular complexity index is 781. The van der Waals surface area contributed by atoms with Crippen molar-refractivity contribution >= 4 is 17.3 Å². The molecule has 4 rings (SSSR count). The van der Waals surface area contributed by atoms with Crippen molar-refractivity contribution in [3.63, 3.8) is 0 Å². The third-order valence-electron chi connectivity index (χ3n) is 5.84. The molecule has 0 unspecified atom stereocenters. The monoisotopic (exact) mass is 414 g/mol. The molecule has 0 saturated carbocycles. The number of nitrogens with one attached hydrogen (secondary N) is 1. The van der Waals surface area contributed by atoms with E-state index in [-0.39, 0.29) is 5.82 Å². The molecule has 1 N–H and O–H groups in total. The molecule has 2 aliphatic heterocycles. The van der Waals surface area contributed by atoms with E-state index in [2.05, 4.69) is 37.0 Å². The third kappa shape index (κ3) is 5.67. The molecule has 30 heavy (non-hydrogen) atoms. The highest BCUT2D eigenvalue weighted by Gasteiger charge is 2.27. The van der Waals surface area contributed by atoms with Gasteiger partial charge in [0.15, 0.2) is 0 Å². The molecule has 3 heterocycles. The van der Waals surface area contributed by atoms with E-state index in [9.17, 15) is 4.39 Å². The van der Waals surface area contributed by atoms with Crippen LogP contribution in [-0.2, 0) is 0 Å². The van der Waals surface area contributed by atoms with E-state index in [1.54, 1.807) is 12.4 Å². The van der Waals surface area contributed by atoms with Gasteiger partial charge in [0.2, 0.25) is 5.95 Å². The molecular weight excluding hydrogens is 379 g/mol. The average Bonchev–Trinajstić information content (AvgIpc) is 2.78. The summed E-state index contributed by atoms with van der Waals surface area (Å²) >= 11 is 0. The van der Waals surface area contributed by atoms with Crippen molar-refractivity contribution in [1.29, 1.82) is 0 Å². The van der Waals surface area contributed by atoms with Gasteiger partial charge in [-0.2, -0.15) is 0 Å². The van der Waals surface area contributed by atoms with Gasteiger partial charge in [0.05, 0.1) is 5.69 Å². The Morgan fingerprint density at radius 2 is 1.60 bits per heavy atom. The number of piperazine rings is 1. The van der Waals surface area contributed by atoms with Crippen LogP contribution in [0.2, 0.25) is 0 Å². The quantitative estimate of drug-likeness (QED) is 0.819. The Hall–Kier alpha value is -2.25. The summed E-state index contributed by atoms with van der Waals surface area (Å²) < 4.78 is 14.8. The van der Waals surface area contributed by atoms with E-state index in [1.807, 2.05) is 32.9 Å². The molecule has 0 aliphatic carbocycles. The first kappa shape index (κ1) is 22.4. The predicted octanol–water partition coefficient (Wildman–Crippen LogP) is 3.91. The Balaban J connectivity index is 0.00000124. The fourth-order valence-corrected chi connectivity index (χ4v) is 4.09. The number of likely N-dealkylation sites (N-methyl/N-ethyl adjacent to an activating group) is 1. The maximum Gasteiger partial charge on any atom is 0.227 e. The van der Waals surface area contributed by atoms with E-state index in [0.29, 0.717) is 23.4 Å². The Kier molecular flexibility index (Phi) is 7.99. The van der Waals surface area contributed by atoms with Gasteiger partial charge in [-0.1, -0.05) is 13.8 Å². The normalized spacial score (nSPS) is 18.6. The molecule has 0 bridgehead atoms. The molecule has 0 atom stereocenters. The molecule has 2 fully saturated rings. The van der Waals surface area contributed by atoms with Crippen LogP contribution in [0, 0.1) is 12.7 Å². The van der Waals surface area contributed by atoms with E-state index in [0.717, 1.165) is 57.7 Å². The second-order valence-electron chi connectivity index (χ2n) is 7.93. The number of aryl methyl sites for hydroxylation is 1. The minimum atomic E-state index is -0.199. The Morgan fingerprint density at radius 1 is 0.967 bits per heavy atom. The van der Waals surface area contributed by atoms with E-state index in [4.69, 9.17) is 0 Å². The average molecular weight is 415 g/mol. The van der Waals surface area contributed by atoms with E-state index >= 15 is 0 Å². The summed E-state index contributed by atoms with van der Waals surface area (Å²) in [6.45, 7) is 12.3. The molecule has 6 nitrogen and oxygen atoms in total. The third-order valence-corrected chi connectivity index (χ3v) is 5.84. The first-order valence-corrected chi connectivity index (χ1v) is 11.1. The smallest absolute Gasteiger partial charge is 0.227 e. The topological polar surface area (TPSA) is 47.5 Å². The number of rotatable bonds is 4. The van der Waals surface area contributed by atoms with Crippen molar-refractivity contribution < 1.29 is 4.39 Å². The number of hydrogen-bond donors (Lipinski definition) is 1. The van der Waals surface area contributed by atoms with Crippen molar-refractivity contribution in [2.75, 3.05) is 56.5 Å². The fourth-order valence-electron chi connectivity index (χ4n) is 4.09. The summed E-state index contributed by atoms with van der Waals surface area (Å²) in [5, 5.41) is 3.06. The predicted molar refractivity (Wildman–Crippen MR) is 122 cm³/mol. The zero-order valence-electron chi connectivity index (χ0n) is 18.7. The molecular formula is C23H35FN6. The van der Waals surface area contributed by atoms with Crippen LogP contribution in [-0.4, -0.2) is 72.1 Å². The molecule has 1 aromatic heterocycles. The molecule has 0 radical (unpaired) electrons. The van der Waals surface area contributed by atoms with Gasteiger partial charge >= 0.3 is 0 Å². The largest absolute Gasteiger partial charge is 0.369 e. The lowest BCUT2D eigenvalue weighted by Crippen LogP contribution is -2.52. The summed E-state index contributed by atoms with van der Waals surface area (Å²) in [6.07, 6.45) is 5.68. The zero-order valence-corrected chi connectivity index (χ0v) is 18.7. The van der Waals surface area contributed by atoms with E-state index < -0.39 is 0 Å². The number of nitrogens with zero attached hydrogens (tertiary/aromatic N) is 5. The Morgan fingerprint density at radius 3 is 2.20 bits per heavy atom. The lowest BCUT2D eigenvalue weighted by Gasteiger charge is -2.42. The van der Waals surface area contributed by atoms with Gasteiger partial charge in [0, 0.05) is 63.4 Å². The van der Waals surface area contributed by atoms with Crippen LogP contribution in [0.3, 0.4) is 0 Å². The van der Waals surface area contributed by atoms with Gasteiger partial charge in [-0.25, -0.2) is 14.4 Å². The van der Waals surface area contributed by atoms with Crippen molar-refractivity contribution in [1.82, 2.24) is 19.8 Å². The number of piperidine rings is 1. The fraction of sp³-hybridized carbons (Fsp3) is 0.565. The summed E-state index contributed by atoms with van der Waals surface area (Å²) in [5.41, 5.74) is 2.34. The highest BCUT2D eigenvalue weighted by molar-refractivity contribution is 5.60. The van der Waals surface area contributed by atoms with E-state index in [1.165, 1.54) is 6.07 Å². The minimum absolute atomic E-state index is 0.199. The lowest BCUT2D eigenvalue weighted by atomic mass is 10.0. The number of aromatic nitrogens is 2. The first-order chi connectivity index (χ1) is 14.6. The van der Waals surface area contributed by atoms with Gasteiger partial charge < -0.3 is 15.1 Å². The molecule has 7 heteroatoms. The van der Waals surface area contributed by atoms with Gasteiger partial charge in [-0.05, 0) is 50.6 Å². The second kappa shape index (κ2) is 10.7. The second-order valence-corrected chi connectivity index (χ2v) is 7.93. The van der Waals surface area contributed by atoms with Crippen LogP contribution in [0.15, 0.2) is 30.6 Å². The van der Waals surface area contributed by atoms with Crippen molar-refractivity contribution in [2.24, 2.45) is 0 Å². The lowest BCUT2D eigenvalue weighted by molar-refractivity contribution is 0.0981. The maximum atomic E-state index is 14.8. The van der Waals surface area contributed by atoms with Gasteiger partial charge in [0.25, 0.3) is 0 Å². The number of halogens is 1. The van der Waals surface area contributed by atoms with Crippen LogP contribution in [0.25, 0.3) is 0 Å². The SMILES string of the molecule is CC.Cc1cnc(Nc2ccc(N3CCC(N4CCN(C)CC4)CC3)c(F)c2)nc1. The minimum Gasteiger partial charge on any atom is -0.369 e. The van der Waals surface area contributed by atoms with Gasteiger partial charge in [-0.15, -0.1) is 0 Å². The van der Waals surface area contributed by atoms with Crippen LogP contribution in [0.4, 0.5) is 21.7 Å². The molecule has 0 spiro atoms. The molecule has 1 aromatic carbocycles. The highest BCUT2D eigenvalue weighted by atomic mass is 19.1. The Labute approximate surface area is 180 Å². The molecule has 2 aliphatic rings. The number of hydrogen-bond acceptors (Lipinski definition) is 6. The maximum absolute atomic E-state index is 14.8. The standard InChI is InChI=1S/C21H29FN6.C2H6/c1-16-14-23-21(24-15-16)25-17-3-4-20(19(22)13-17)28-7-5-18(6-8-28)27-11-9-26(2)10-12-27;1-2/h3-4,13-15,18H,5-12H2,1-2H3,(H,23,24,25);1-2H3. The van der Waals surface area contributed by atoms with Crippen LogP contribution in [0.1, 0.15) is 32.3 Å². The zero-order chi connectivity index (χ0) is 21.5. The van der Waals surface area contributed by atoms with Crippen molar-refractivity contribution in [2.45, 2.75) is 39.7 Å². The summed E-state index contributed by atoms with van der Waals surface area (Å²) in [6, 6.07) is 5.93. The molecule has 0 amide bonds. The summed E-state index contributed by atoms with van der Waals surface area (Å²) in [7, 11) is 2.19. The van der Waals surface area contributed by atoms with Crippen LogP contribution >= 0.6 is 0 Å². The van der Waals surface area contributed by atoms with Gasteiger partial charge in [-0.3, -0.25) is 4.90 Å². The summed E-state index contributed by atoms with van der Waals surface area (Å²) in [5.74, 6) is 0.279. The number of anilines is 3. The molecule has 2 aromatic rings.